The third kappa shape index (κ3) is 2.19. The number of hydrogen-bond donors (Lipinski definition) is 1. The summed E-state index contributed by atoms with van der Waals surface area (Å²) in [4.78, 5) is 0. The smallest absolute Gasteiger partial charge is 0.165 e. The Morgan fingerprint density at radius 3 is 2.43 bits per heavy atom. The van der Waals surface area contributed by atoms with Crippen molar-refractivity contribution in [1.82, 2.24) is 0 Å². The predicted octanol–water partition coefficient (Wildman–Crippen LogP) is 2.65. The summed E-state index contributed by atoms with van der Waals surface area (Å²) in [5.74, 6) is -3.32. The van der Waals surface area contributed by atoms with Gasteiger partial charge in [0.05, 0.1) is 5.02 Å². The summed E-state index contributed by atoms with van der Waals surface area (Å²) < 4.78 is 39.1. The molecule has 0 heterocycles. The molecular formula is C9H9ClF3N. The number of halogens is 4. The molecule has 0 aromatic heterocycles. The average molecular weight is 224 g/mol. The molecule has 0 amide bonds. The quantitative estimate of drug-likeness (QED) is 0.767. The van der Waals surface area contributed by atoms with Crippen LogP contribution in [0.4, 0.5) is 13.2 Å². The second kappa shape index (κ2) is 4.19. The van der Waals surface area contributed by atoms with Crippen LogP contribution in [0.1, 0.15) is 12.5 Å². The van der Waals surface area contributed by atoms with E-state index < -0.39 is 34.1 Å². The molecule has 1 aromatic rings. The topological polar surface area (TPSA) is 26.0 Å². The highest BCUT2D eigenvalue weighted by molar-refractivity contribution is 6.30. The first-order chi connectivity index (χ1) is 6.43. The molecule has 1 nitrogen and oxygen atoms in total. The fourth-order valence-electron chi connectivity index (χ4n) is 1.12. The van der Waals surface area contributed by atoms with Gasteiger partial charge < -0.3 is 5.73 Å². The molecule has 5 heteroatoms. The van der Waals surface area contributed by atoms with Crippen molar-refractivity contribution in [3.8, 4) is 0 Å². The minimum Gasteiger partial charge on any atom is -0.328 e. The minimum absolute atomic E-state index is 0.0881. The molecule has 0 saturated carbocycles. The Labute approximate surface area is 84.7 Å². The van der Waals surface area contributed by atoms with E-state index in [1.807, 2.05) is 0 Å². The average Bonchev–Trinajstić information content (AvgIpc) is 2.09. The van der Waals surface area contributed by atoms with Crippen molar-refractivity contribution in [2.75, 3.05) is 0 Å². The summed E-state index contributed by atoms with van der Waals surface area (Å²) in [6, 6.07) is 0.147. The molecular weight excluding hydrogens is 215 g/mol. The van der Waals surface area contributed by atoms with Gasteiger partial charge in [-0.1, -0.05) is 11.6 Å². The fourth-order valence-corrected chi connectivity index (χ4v) is 1.33. The number of hydrogen-bond acceptors (Lipinski definition) is 1. The van der Waals surface area contributed by atoms with Crippen LogP contribution >= 0.6 is 11.6 Å². The molecule has 0 aliphatic heterocycles. The van der Waals surface area contributed by atoms with Crippen LogP contribution in [-0.4, -0.2) is 6.04 Å². The van der Waals surface area contributed by atoms with E-state index >= 15 is 0 Å². The third-order valence-electron chi connectivity index (χ3n) is 1.73. The zero-order valence-electron chi connectivity index (χ0n) is 7.45. The summed E-state index contributed by atoms with van der Waals surface area (Å²) in [6.07, 6.45) is -0.0881. The molecule has 14 heavy (non-hydrogen) atoms. The van der Waals surface area contributed by atoms with E-state index in [0.717, 1.165) is 0 Å². The van der Waals surface area contributed by atoms with Gasteiger partial charge in [-0.25, -0.2) is 13.2 Å². The number of rotatable bonds is 2. The molecule has 0 radical (unpaired) electrons. The highest BCUT2D eigenvalue weighted by Gasteiger charge is 2.18. The molecule has 2 N–H and O–H groups in total. The fraction of sp³-hybridized carbons (Fsp3) is 0.333. The van der Waals surface area contributed by atoms with Crippen molar-refractivity contribution in [2.45, 2.75) is 19.4 Å². The zero-order chi connectivity index (χ0) is 10.9. The van der Waals surface area contributed by atoms with E-state index in [9.17, 15) is 13.2 Å². The summed E-state index contributed by atoms with van der Waals surface area (Å²) in [5, 5.41) is -0.431. The molecule has 1 rings (SSSR count). The Morgan fingerprint density at radius 2 is 1.93 bits per heavy atom. The summed E-state index contributed by atoms with van der Waals surface area (Å²) in [7, 11) is 0. The maximum Gasteiger partial charge on any atom is 0.165 e. The first-order valence-electron chi connectivity index (χ1n) is 4.01. The van der Waals surface area contributed by atoms with Crippen LogP contribution in [0, 0.1) is 17.5 Å². The van der Waals surface area contributed by atoms with Crippen LogP contribution in [0.25, 0.3) is 0 Å². The Morgan fingerprint density at radius 1 is 1.36 bits per heavy atom. The second-order valence-electron chi connectivity index (χ2n) is 3.13. The van der Waals surface area contributed by atoms with Gasteiger partial charge in [0.1, 0.15) is 5.82 Å². The molecule has 0 spiro atoms. The van der Waals surface area contributed by atoms with Crippen LogP contribution in [0.15, 0.2) is 6.07 Å². The van der Waals surface area contributed by atoms with Gasteiger partial charge in [0.15, 0.2) is 11.6 Å². The van der Waals surface area contributed by atoms with E-state index in [0.29, 0.717) is 6.07 Å². The highest BCUT2D eigenvalue weighted by atomic mass is 35.5. The molecule has 0 fully saturated rings. The molecule has 0 bridgehead atoms. The Bertz CT molecular complexity index is 326. The summed E-state index contributed by atoms with van der Waals surface area (Å²) >= 11 is 5.35. The second-order valence-corrected chi connectivity index (χ2v) is 3.54. The van der Waals surface area contributed by atoms with Crippen molar-refractivity contribution in [3.05, 3.63) is 34.1 Å². The van der Waals surface area contributed by atoms with Crippen molar-refractivity contribution < 1.29 is 13.2 Å². The van der Waals surface area contributed by atoms with Gasteiger partial charge in [0, 0.05) is 11.6 Å². The Balaban J connectivity index is 3.25. The van der Waals surface area contributed by atoms with E-state index in [4.69, 9.17) is 17.3 Å². The van der Waals surface area contributed by atoms with Crippen LogP contribution in [0.2, 0.25) is 5.02 Å². The molecule has 0 saturated heterocycles. The molecule has 1 atom stereocenters. The maximum atomic E-state index is 13.2. The van der Waals surface area contributed by atoms with Gasteiger partial charge in [-0.15, -0.1) is 0 Å². The van der Waals surface area contributed by atoms with Crippen LogP contribution < -0.4 is 5.73 Å². The van der Waals surface area contributed by atoms with E-state index in [-0.39, 0.29) is 6.42 Å². The van der Waals surface area contributed by atoms with Crippen LogP contribution in [-0.2, 0) is 6.42 Å². The van der Waals surface area contributed by atoms with Crippen LogP contribution in [0.3, 0.4) is 0 Å². The zero-order valence-corrected chi connectivity index (χ0v) is 8.21. The molecule has 78 valence electrons. The van der Waals surface area contributed by atoms with Gasteiger partial charge in [0.25, 0.3) is 0 Å². The van der Waals surface area contributed by atoms with Gasteiger partial charge in [-0.05, 0) is 19.4 Å². The number of benzene rings is 1. The monoisotopic (exact) mass is 223 g/mol. The first kappa shape index (κ1) is 11.3. The minimum atomic E-state index is -1.22. The lowest BCUT2D eigenvalue weighted by molar-refractivity contribution is 0.474. The Kier molecular flexibility index (Phi) is 3.39. The van der Waals surface area contributed by atoms with Crippen molar-refractivity contribution in [1.29, 1.82) is 0 Å². The summed E-state index contributed by atoms with van der Waals surface area (Å²) in [5.41, 5.74) is 4.97. The van der Waals surface area contributed by atoms with E-state index in [2.05, 4.69) is 0 Å². The van der Waals surface area contributed by atoms with Gasteiger partial charge in [-0.3, -0.25) is 0 Å². The molecule has 1 aromatic carbocycles. The maximum absolute atomic E-state index is 13.2. The van der Waals surface area contributed by atoms with Crippen molar-refractivity contribution >= 4 is 11.6 Å². The van der Waals surface area contributed by atoms with E-state index in [1.165, 1.54) is 0 Å². The molecule has 1 unspecified atom stereocenters. The lowest BCUT2D eigenvalue weighted by Crippen LogP contribution is -2.20. The number of nitrogens with two attached hydrogens (primary N) is 1. The first-order valence-corrected chi connectivity index (χ1v) is 4.38. The lowest BCUT2D eigenvalue weighted by Gasteiger charge is -2.09. The SMILES string of the molecule is CC(N)Cc1c(F)c(F)cc(Cl)c1F. The third-order valence-corrected chi connectivity index (χ3v) is 2.00. The highest BCUT2D eigenvalue weighted by Crippen LogP contribution is 2.24. The normalized spacial score (nSPS) is 13.0. The van der Waals surface area contributed by atoms with Gasteiger partial charge >= 0.3 is 0 Å². The van der Waals surface area contributed by atoms with Crippen LogP contribution in [0.5, 0.6) is 0 Å². The standard InChI is InChI=1S/C9H9ClF3N/c1-4(14)2-5-8(12)6(10)3-7(11)9(5)13/h3-4H,2,14H2,1H3. The predicted molar refractivity (Wildman–Crippen MR) is 48.7 cm³/mol. The van der Waals surface area contributed by atoms with Gasteiger partial charge in [0.2, 0.25) is 0 Å². The van der Waals surface area contributed by atoms with Gasteiger partial charge in [-0.2, -0.15) is 0 Å². The molecule has 0 aliphatic rings. The summed E-state index contributed by atoms with van der Waals surface area (Å²) in [6.45, 7) is 1.57. The van der Waals surface area contributed by atoms with Crippen molar-refractivity contribution in [2.24, 2.45) is 5.73 Å². The lowest BCUT2D eigenvalue weighted by atomic mass is 10.1. The van der Waals surface area contributed by atoms with E-state index in [1.54, 1.807) is 6.92 Å². The molecule has 0 aliphatic carbocycles. The largest absolute Gasteiger partial charge is 0.328 e. The van der Waals surface area contributed by atoms with Crippen molar-refractivity contribution in [3.63, 3.8) is 0 Å². The Hall–Kier alpha value is -0.740.